The number of hydrogen-bond donors (Lipinski definition) is 5. The van der Waals surface area contributed by atoms with Crippen molar-refractivity contribution in [2.24, 2.45) is 22.0 Å². The largest absolute Gasteiger partial charge is 0.375 e. The van der Waals surface area contributed by atoms with Crippen LogP contribution in [0.1, 0.15) is 26.7 Å². The van der Waals surface area contributed by atoms with Gasteiger partial charge in [0.1, 0.15) is 0 Å². The van der Waals surface area contributed by atoms with Gasteiger partial charge in [0, 0.05) is 5.70 Å². The molecule has 0 radical (unpaired) electrons. The smallest absolute Gasteiger partial charge is 0.184 e. The summed E-state index contributed by atoms with van der Waals surface area (Å²) in [6.07, 6.45) is 3.62. The molecular formula is C10H18N6S2. The second kappa shape index (κ2) is 5.96. The Kier molecular flexibility index (Phi) is 4.85. The van der Waals surface area contributed by atoms with Gasteiger partial charge >= 0.3 is 0 Å². The highest BCUT2D eigenvalue weighted by Gasteiger charge is 2.26. The molecular weight excluding hydrogens is 268 g/mol. The molecule has 0 saturated heterocycles. The van der Waals surface area contributed by atoms with Crippen LogP contribution in [0.5, 0.6) is 0 Å². The van der Waals surface area contributed by atoms with E-state index in [1.54, 1.807) is 0 Å². The number of thiocarbonyl (C=S) groups is 2. The number of nitrogens with zero attached hydrogens (tertiary/aromatic N) is 1. The lowest BCUT2D eigenvalue weighted by Gasteiger charge is -2.30. The molecule has 0 aromatic rings. The van der Waals surface area contributed by atoms with Crippen LogP contribution in [0.2, 0.25) is 0 Å². The van der Waals surface area contributed by atoms with Crippen molar-refractivity contribution in [1.29, 1.82) is 0 Å². The van der Waals surface area contributed by atoms with Gasteiger partial charge in [0.15, 0.2) is 10.2 Å². The normalized spacial score (nSPS) is 19.9. The van der Waals surface area contributed by atoms with Crippen molar-refractivity contribution < 1.29 is 0 Å². The third-order valence-electron chi connectivity index (χ3n) is 2.33. The summed E-state index contributed by atoms with van der Waals surface area (Å²) in [6.45, 7) is 4.30. The number of nitrogens with two attached hydrogens (primary N) is 2. The zero-order chi connectivity index (χ0) is 13.8. The van der Waals surface area contributed by atoms with Crippen molar-refractivity contribution in [3.05, 3.63) is 11.8 Å². The van der Waals surface area contributed by atoms with Gasteiger partial charge < -0.3 is 16.9 Å². The fourth-order valence-corrected chi connectivity index (χ4v) is 1.89. The number of hydrogen-bond acceptors (Lipinski definition) is 4. The van der Waals surface area contributed by atoms with Crippen molar-refractivity contribution in [3.8, 4) is 0 Å². The second-order valence-corrected chi connectivity index (χ2v) is 5.76. The fraction of sp³-hybridized carbons (Fsp3) is 0.500. The molecule has 8 heteroatoms. The Labute approximate surface area is 117 Å². The molecule has 1 aliphatic carbocycles. The highest BCUT2D eigenvalue weighted by Crippen LogP contribution is 2.32. The molecule has 6 nitrogen and oxygen atoms in total. The topological polar surface area (TPSA) is 100 Å². The summed E-state index contributed by atoms with van der Waals surface area (Å²) in [7, 11) is 0. The third kappa shape index (κ3) is 5.28. The maximum absolute atomic E-state index is 5.36. The van der Waals surface area contributed by atoms with Crippen molar-refractivity contribution in [2.45, 2.75) is 26.7 Å². The van der Waals surface area contributed by atoms with Crippen molar-refractivity contribution in [2.75, 3.05) is 0 Å². The van der Waals surface area contributed by atoms with Gasteiger partial charge in [-0.15, -0.1) is 0 Å². The zero-order valence-electron chi connectivity index (χ0n) is 10.4. The minimum Gasteiger partial charge on any atom is -0.375 e. The lowest BCUT2D eigenvalue weighted by atomic mass is 9.78. The lowest BCUT2D eigenvalue weighted by Crippen LogP contribution is -2.42. The Bertz CT molecular complexity index is 413. The van der Waals surface area contributed by atoms with Crippen molar-refractivity contribution in [1.82, 2.24) is 16.3 Å². The molecule has 0 aromatic carbocycles. The van der Waals surface area contributed by atoms with Gasteiger partial charge in [0.05, 0.1) is 5.71 Å². The molecule has 0 bridgehead atoms. The summed E-state index contributed by atoms with van der Waals surface area (Å²) in [5, 5.41) is 4.49. The van der Waals surface area contributed by atoms with Gasteiger partial charge in [0.2, 0.25) is 0 Å². The van der Waals surface area contributed by atoms with Crippen LogP contribution < -0.4 is 27.7 Å². The first kappa shape index (κ1) is 14.7. The van der Waals surface area contributed by atoms with Crippen molar-refractivity contribution in [3.63, 3.8) is 0 Å². The molecule has 0 atom stereocenters. The van der Waals surface area contributed by atoms with Crippen LogP contribution >= 0.6 is 24.4 Å². The standard InChI is InChI=1S/C10H18N6S2/c1-10(2)4-6(13-15-8(11)17)3-7(5-10)14-16-9(12)18/h3,13H,4-5H2,1-2H3,(H3,11,15,17)(H3,12,16,18)/b14-7+. The van der Waals surface area contributed by atoms with E-state index < -0.39 is 0 Å². The maximum atomic E-state index is 5.36. The van der Waals surface area contributed by atoms with Crippen LogP contribution in [0.25, 0.3) is 0 Å². The first-order chi connectivity index (χ1) is 8.28. The van der Waals surface area contributed by atoms with E-state index in [4.69, 9.17) is 35.9 Å². The van der Waals surface area contributed by atoms with E-state index in [9.17, 15) is 0 Å². The van der Waals surface area contributed by atoms with Crippen LogP contribution in [-0.2, 0) is 0 Å². The van der Waals surface area contributed by atoms with E-state index >= 15 is 0 Å². The van der Waals surface area contributed by atoms with Crippen LogP contribution in [0.4, 0.5) is 0 Å². The molecule has 0 amide bonds. The SMILES string of the molecule is CC1(C)CC(NNC(N)=S)=C/C(=N\NC(N)=S)C1. The molecule has 0 spiro atoms. The Balaban J connectivity index is 2.78. The van der Waals surface area contributed by atoms with E-state index in [2.05, 4.69) is 35.2 Å². The van der Waals surface area contributed by atoms with Gasteiger partial charge in [0.25, 0.3) is 0 Å². The van der Waals surface area contributed by atoms with Crippen LogP contribution in [0.3, 0.4) is 0 Å². The highest BCUT2D eigenvalue weighted by molar-refractivity contribution is 7.80. The maximum Gasteiger partial charge on any atom is 0.184 e. The molecule has 0 unspecified atom stereocenters. The first-order valence-corrected chi connectivity index (χ1v) is 6.24. The Morgan fingerprint density at radius 1 is 1.28 bits per heavy atom. The number of allylic oxidation sites excluding steroid dienone is 2. The average Bonchev–Trinajstić information content (AvgIpc) is 2.21. The van der Waals surface area contributed by atoms with Gasteiger partial charge in [-0.05, 0) is 48.8 Å². The minimum atomic E-state index is 0.0890. The summed E-state index contributed by atoms with van der Waals surface area (Å²) in [4.78, 5) is 0. The summed E-state index contributed by atoms with van der Waals surface area (Å²) in [5.74, 6) is 0. The molecule has 18 heavy (non-hydrogen) atoms. The fourth-order valence-electron chi connectivity index (χ4n) is 1.79. The summed E-state index contributed by atoms with van der Waals surface area (Å²) < 4.78 is 0. The Morgan fingerprint density at radius 2 is 1.94 bits per heavy atom. The quantitative estimate of drug-likeness (QED) is 0.374. The number of rotatable bonds is 3. The predicted octanol–water partition coefficient (Wildman–Crippen LogP) is 0.217. The van der Waals surface area contributed by atoms with Crippen molar-refractivity contribution >= 4 is 40.4 Å². The molecule has 7 N–H and O–H groups in total. The number of nitrogens with one attached hydrogen (secondary N) is 3. The molecule has 1 aliphatic rings. The summed E-state index contributed by atoms with van der Waals surface area (Å²) in [5.41, 5.74) is 20.9. The summed E-state index contributed by atoms with van der Waals surface area (Å²) >= 11 is 9.45. The lowest BCUT2D eigenvalue weighted by molar-refractivity contribution is 0.360. The molecule has 0 aromatic heterocycles. The molecule has 0 heterocycles. The van der Waals surface area contributed by atoms with Gasteiger partial charge in [-0.25, -0.2) is 0 Å². The Hall–Kier alpha value is -1.41. The molecule has 1 rings (SSSR count). The first-order valence-electron chi connectivity index (χ1n) is 5.42. The van der Waals surface area contributed by atoms with Gasteiger partial charge in [-0.1, -0.05) is 13.8 Å². The number of hydrazine groups is 1. The van der Waals surface area contributed by atoms with E-state index in [0.717, 1.165) is 24.3 Å². The van der Waals surface area contributed by atoms with Gasteiger partial charge in [-0.3, -0.25) is 10.9 Å². The Morgan fingerprint density at radius 3 is 2.50 bits per heavy atom. The molecule has 0 saturated carbocycles. The van der Waals surface area contributed by atoms with Crippen LogP contribution in [-0.4, -0.2) is 15.9 Å². The van der Waals surface area contributed by atoms with Crippen LogP contribution in [0, 0.1) is 5.41 Å². The minimum absolute atomic E-state index is 0.0890. The highest BCUT2D eigenvalue weighted by atomic mass is 32.1. The van der Waals surface area contributed by atoms with E-state index in [1.807, 2.05) is 6.08 Å². The predicted molar refractivity (Wildman–Crippen MR) is 81.5 cm³/mol. The molecule has 100 valence electrons. The monoisotopic (exact) mass is 286 g/mol. The van der Waals surface area contributed by atoms with E-state index in [1.165, 1.54) is 0 Å². The van der Waals surface area contributed by atoms with E-state index in [-0.39, 0.29) is 15.6 Å². The molecule has 0 aliphatic heterocycles. The zero-order valence-corrected chi connectivity index (χ0v) is 12.0. The van der Waals surface area contributed by atoms with Gasteiger partial charge in [-0.2, -0.15) is 5.10 Å². The average molecular weight is 286 g/mol. The number of hydrazone groups is 1. The molecule has 0 fully saturated rings. The van der Waals surface area contributed by atoms with Crippen LogP contribution in [0.15, 0.2) is 16.9 Å². The second-order valence-electron chi connectivity index (χ2n) is 4.88. The third-order valence-corrected chi connectivity index (χ3v) is 2.52. The van der Waals surface area contributed by atoms with E-state index in [0.29, 0.717) is 0 Å². The summed E-state index contributed by atoms with van der Waals surface area (Å²) in [6, 6.07) is 0.